The Morgan fingerprint density at radius 1 is 1.08 bits per heavy atom. The first-order valence-electron chi connectivity index (χ1n) is 9.99. The van der Waals surface area contributed by atoms with Gasteiger partial charge in [-0.2, -0.15) is 0 Å². The van der Waals surface area contributed by atoms with Gasteiger partial charge in [0.25, 0.3) is 0 Å². The first-order valence-corrected chi connectivity index (χ1v) is 9.99. The lowest BCUT2D eigenvalue weighted by Gasteiger charge is -2.37. The van der Waals surface area contributed by atoms with E-state index < -0.39 is 0 Å². The van der Waals surface area contributed by atoms with Gasteiger partial charge in [-0.05, 0) is 43.4 Å². The van der Waals surface area contributed by atoms with Gasteiger partial charge < -0.3 is 15.1 Å². The Kier molecular flexibility index (Phi) is 8.08. The monoisotopic (exact) mass is 379 g/mol. The summed E-state index contributed by atoms with van der Waals surface area (Å²) in [4.78, 5) is 16.8. The van der Waals surface area contributed by atoms with E-state index in [1.807, 2.05) is 4.90 Å². The van der Waals surface area contributed by atoms with Crippen molar-refractivity contribution in [1.82, 2.24) is 10.2 Å². The number of aryl methyl sites for hydroxylation is 1. The van der Waals surface area contributed by atoms with E-state index >= 15 is 0 Å². The van der Waals surface area contributed by atoms with E-state index in [0.29, 0.717) is 0 Å². The highest BCUT2D eigenvalue weighted by Gasteiger charge is 2.22. The molecular formula is C21H34ClN3O. The van der Waals surface area contributed by atoms with E-state index in [1.54, 1.807) is 0 Å². The molecule has 1 aliphatic carbocycles. The van der Waals surface area contributed by atoms with Gasteiger partial charge in [-0.15, -0.1) is 12.4 Å². The standard InChI is InChI=1S/C21H33N3O.ClH/c1-17-7-6-10-20(18(17)2)23-13-15-24(16-14-23)21(25)22-12-11-19-8-4-3-5-9-19;/h6-7,10,19H,3-5,8-9,11-16H2,1-2H3,(H,22,25);1H. The number of halogens is 1. The smallest absolute Gasteiger partial charge is 0.317 e. The van der Waals surface area contributed by atoms with Crippen molar-refractivity contribution in [2.24, 2.45) is 5.92 Å². The van der Waals surface area contributed by atoms with Gasteiger partial charge in [-0.25, -0.2) is 4.79 Å². The maximum Gasteiger partial charge on any atom is 0.317 e. The molecule has 0 radical (unpaired) electrons. The fourth-order valence-electron chi connectivity index (χ4n) is 4.20. The number of rotatable bonds is 4. The third-order valence-electron chi connectivity index (χ3n) is 6.04. The van der Waals surface area contributed by atoms with Crippen LogP contribution in [-0.2, 0) is 0 Å². The van der Waals surface area contributed by atoms with E-state index in [1.165, 1.54) is 48.9 Å². The SMILES string of the molecule is Cc1cccc(N2CCN(C(=O)NCCC3CCCCC3)CC2)c1C.Cl. The molecule has 26 heavy (non-hydrogen) atoms. The van der Waals surface area contributed by atoms with Crippen LogP contribution in [0.3, 0.4) is 0 Å². The molecule has 1 aromatic rings. The molecule has 0 unspecified atom stereocenters. The zero-order valence-electron chi connectivity index (χ0n) is 16.3. The molecule has 1 N–H and O–H groups in total. The number of nitrogens with one attached hydrogen (secondary N) is 1. The molecule has 0 aromatic heterocycles. The quantitative estimate of drug-likeness (QED) is 0.834. The average Bonchev–Trinajstić information content (AvgIpc) is 2.65. The zero-order valence-corrected chi connectivity index (χ0v) is 17.1. The summed E-state index contributed by atoms with van der Waals surface area (Å²) in [6.07, 6.45) is 7.99. The Morgan fingerprint density at radius 3 is 2.46 bits per heavy atom. The third kappa shape index (κ3) is 5.29. The molecule has 2 fully saturated rings. The summed E-state index contributed by atoms with van der Waals surface area (Å²) in [5.74, 6) is 0.829. The van der Waals surface area contributed by atoms with Crippen LogP contribution in [0.25, 0.3) is 0 Å². The summed E-state index contributed by atoms with van der Waals surface area (Å²) in [6, 6.07) is 6.61. The number of carbonyl (C=O) groups excluding carboxylic acids is 1. The Hall–Kier alpha value is -1.42. The molecule has 2 aliphatic rings. The van der Waals surface area contributed by atoms with Gasteiger partial charge >= 0.3 is 6.03 Å². The number of benzene rings is 1. The lowest BCUT2D eigenvalue weighted by atomic mass is 9.87. The van der Waals surface area contributed by atoms with E-state index in [0.717, 1.165) is 45.1 Å². The fraction of sp³-hybridized carbons (Fsp3) is 0.667. The fourth-order valence-corrected chi connectivity index (χ4v) is 4.20. The molecule has 2 amide bonds. The number of urea groups is 1. The molecule has 0 bridgehead atoms. The Bertz CT molecular complexity index is 579. The van der Waals surface area contributed by atoms with Crippen molar-refractivity contribution >= 4 is 24.1 Å². The molecule has 0 atom stereocenters. The van der Waals surface area contributed by atoms with Crippen LogP contribution in [0.2, 0.25) is 0 Å². The highest BCUT2D eigenvalue weighted by molar-refractivity contribution is 5.85. The summed E-state index contributed by atoms with van der Waals surface area (Å²) in [6.45, 7) is 8.64. The van der Waals surface area contributed by atoms with Crippen molar-refractivity contribution in [3.05, 3.63) is 29.3 Å². The molecule has 1 heterocycles. The van der Waals surface area contributed by atoms with Crippen molar-refractivity contribution in [3.8, 4) is 0 Å². The molecule has 146 valence electrons. The number of anilines is 1. The first-order chi connectivity index (χ1) is 12.1. The van der Waals surface area contributed by atoms with Gasteiger partial charge in [0.2, 0.25) is 0 Å². The van der Waals surface area contributed by atoms with E-state index in [2.05, 4.69) is 42.3 Å². The third-order valence-corrected chi connectivity index (χ3v) is 6.04. The predicted molar refractivity (Wildman–Crippen MR) is 112 cm³/mol. The van der Waals surface area contributed by atoms with Crippen LogP contribution >= 0.6 is 12.4 Å². The van der Waals surface area contributed by atoms with Gasteiger partial charge in [-0.3, -0.25) is 0 Å². The zero-order chi connectivity index (χ0) is 17.6. The number of piperazine rings is 1. The van der Waals surface area contributed by atoms with E-state index in [-0.39, 0.29) is 18.4 Å². The molecular weight excluding hydrogens is 346 g/mol. The second kappa shape index (κ2) is 10.1. The lowest BCUT2D eigenvalue weighted by molar-refractivity contribution is 0.193. The van der Waals surface area contributed by atoms with Gasteiger partial charge in [0.05, 0.1) is 0 Å². The van der Waals surface area contributed by atoms with Crippen LogP contribution in [0.4, 0.5) is 10.5 Å². The molecule has 1 saturated carbocycles. The molecule has 4 nitrogen and oxygen atoms in total. The van der Waals surface area contributed by atoms with Crippen molar-refractivity contribution in [1.29, 1.82) is 0 Å². The van der Waals surface area contributed by atoms with Gasteiger partial charge in [-0.1, -0.05) is 44.2 Å². The Balaban J connectivity index is 0.00000243. The van der Waals surface area contributed by atoms with Crippen LogP contribution in [0.5, 0.6) is 0 Å². The van der Waals surface area contributed by atoms with E-state index in [9.17, 15) is 4.79 Å². The molecule has 1 saturated heterocycles. The van der Waals surface area contributed by atoms with Crippen LogP contribution in [0, 0.1) is 19.8 Å². The van der Waals surface area contributed by atoms with Crippen LogP contribution in [0.15, 0.2) is 18.2 Å². The molecule has 5 heteroatoms. The van der Waals surface area contributed by atoms with E-state index in [4.69, 9.17) is 0 Å². The summed E-state index contributed by atoms with van der Waals surface area (Å²) in [5.41, 5.74) is 4.01. The summed E-state index contributed by atoms with van der Waals surface area (Å²) < 4.78 is 0. The highest BCUT2D eigenvalue weighted by Crippen LogP contribution is 2.26. The first kappa shape index (κ1) is 20.9. The minimum absolute atomic E-state index is 0. The highest BCUT2D eigenvalue weighted by atomic mass is 35.5. The van der Waals surface area contributed by atoms with Gasteiger partial charge in [0.15, 0.2) is 0 Å². The summed E-state index contributed by atoms with van der Waals surface area (Å²) >= 11 is 0. The normalized spacial score (nSPS) is 18.4. The predicted octanol–water partition coefficient (Wildman–Crippen LogP) is 4.53. The number of carbonyl (C=O) groups is 1. The Labute approximate surface area is 164 Å². The second-order valence-electron chi connectivity index (χ2n) is 7.72. The Morgan fingerprint density at radius 2 is 1.77 bits per heavy atom. The van der Waals surface area contributed by atoms with Crippen LogP contribution in [-0.4, -0.2) is 43.7 Å². The average molecular weight is 380 g/mol. The van der Waals surface area contributed by atoms with Gasteiger partial charge in [0, 0.05) is 38.4 Å². The molecule has 1 aliphatic heterocycles. The van der Waals surface area contributed by atoms with Crippen molar-refractivity contribution in [2.75, 3.05) is 37.6 Å². The largest absolute Gasteiger partial charge is 0.368 e. The maximum absolute atomic E-state index is 12.4. The number of hydrogen-bond donors (Lipinski definition) is 1. The van der Waals surface area contributed by atoms with Crippen molar-refractivity contribution < 1.29 is 4.79 Å². The summed E-state index contributed by atoms with van der Waals surface area (Å²) in [7, 11) is 0. The van der Waals surface area contributed by atoms with Crippen LogP contribution < -0.4 is 10.2 Å². The minimum Gasteiger partial charge on any atom is -0.368 e. The number of amides is 2. The lowest BCUT2D eigenvalue weighted by Crippen LogP contribution is -2.52. The minimum atomic E-state index is 0. The van der Waals surface area contributed by atoms with Gasteiger partial charge in [0.1, 0.15) is 0 Å². The van der Waals surface area contributed by atoms with Crippen LogP contribution in [0.1, 0.15) is 49.7 Å². The molecule has 1 aromatic carbocycles. The number of hydrogen-bond acceptors (Lipinski definition) is 2. The van der Waals surface area contributed by atoms with Crippen molar-refractivity contribution in [3.63, 3.8) is 0 Å². The summed E-state index contributed by atoms with van der Waals surface area (Å²) in [5, 5.41) is 3.14. The second-order valence-corrected chi connectivity index (χ2v) is 7.72. The topological polar surface area (TPSA) is 35.6 Å². The number of nitrogens with zero attached hydrogens (tertiary/aromatic N) is 2. The molecule has 3 rings (SSSR count). The maximum atomic E-state index is 12.4. The molecule has 0 spiro atoms. The van der Waals surface area contributed by atoms with Crippen molar-refractivity contribution in [2.45, 2.75) is 52.4 Å².